The van der Waals surface area contributed by atoms with Gasteiger partial charge in [0.05, 0.1) is 36.2 Å². The Labute approximate surface area is 206 Å². The van der Waals surface area contributed by atoms with E-state index in [1.54, 1.807) is 31.2 Å². The van der Waals surface area contributed by atoms with Crippen LogP contribution in [0.5, 0.6) is 0 Å². The highest BCUT2D eigenvalue weighted by Gasteiger charge is 2.35. The molecule has 0 spiro atoms. The van der Waals surface area contributed by atoms with Gasteiger partial charge in [0.25, 0.3) is 11.8 Å². The summed E-state index contributed by atoms with van der Waals surface area (Å²) in [5.41, 5.74) is 2.17. The molecule has 0 radical (unpaired) electrons. The lowest BCUT2D eigenvalue weighted by Gasteiger charge is -2.17. The third kappa shape index (κ3) is 5.16. The Hall–Kier alpha value is -4.37. The lowest BCUT2D eigenvalue weighted by atomic mass is 10.1. The van der Waals surface area contributed by atoms with E-state index in [0.717, 1.165) is 16.9 Å². The minimum absolute atomic E-state index is 0.0442. The van der Waals surface area contributed by atoms with Crippen molar-refractivity contribution in [1.82, 2.24) is 20.6 Å². The molecule has 4 rings (SSSR count). The van der Waals surface area contributed by atoms with Gasteiger partial charge in [0.2, 0.25) is 10.0 Å². The lowest BCUT2D eigenvalue weighted by molar-refractivity contribution is 0.0934. The van der Waals surface area contributed by atoms with Crippen molar-refractivity contribution >= 4 is 27.5 Å². The van der Waals surface area contributed by atoms with E-state index in [-0.39, 0.29) is 35.9 Å². The zero-order valence-corrected chi connectivity index (χ0v) is 20.1. The van der Waals surface area contributed by atoms with Crippen LogP contribution in [0.4, 0.5) is 10.1 Å². The van der Waals surface area contributed by atoms with Crippen LogP contribution in [-0.4, -0.2) is 43.0 Å². The van der Waals surface area contributed by atoms with Gasteiger partial charge in [-0.2, -0.15) is 5.26 Å². The fraction of sp³-hybridized carbons (Fsp3) is 0.208. The Morgan fingerprint density at radius 1 is 1.14 bits per heavy atom. The van der Waals surface area contributed by atoms with Crippen LogP contribution in [0.1, 0.15) is 49.3 Å². The predicted octanol–water partition coefficient (Wildman–Crippen LogP) is 1.98. The van der Waals surface area contributed by atoms with Crippen molar-refractivity contribution < 1.29 is 22.4 Å². The molecule has 1 aliphatic rings. The zero-order chi connectivity index (χ0) is 26.0. The molecular weight excluding hydrogens is 487 g/mol. The molecule has 1 aliphatic heterocycles. The molecule has 3 aromatic rings. The van der Waals surface area contributed by atoms with Gasteiger partial charge in [-0.3, -0.25) is 13.9 Å². The summed E-state index contributed by atoms with van der Waals surface area (Å²) in [4.78, 5) is 33.3. The number of aryl methyl sites for hydroxylation is 1. The van der Waals surface area contributed by atoms with Crippen LogP contribution in [0, 0.1) is 24.1 Å². The van der Waals surface area contributed by atoms with Crippen molar-refractivity contribution in [1.29, 1.82) is 5.26 Å². The third-order valence-corrected chi connectivity index (χ3v) is 6.81. The Morgan fingerprint density at radius 2 is 1.86 bits per heavy atom. The quantitative estimate of drug-likeness (QED) is 0.518. The first kappa shape index (κ1) is 24.7. The number of anilines is 1. The summed E-state index contributed by atoms with van der Waals surface area (Å²) in [5.74, 6) is -1.52. The minimum atomic E-state index is -3.65. The Kier molecular flexibility index (Phi) is 6.67. The summed E-state index contributed by atoms with van der Waals surface area (Å²) in [5, 5.41) is 14.6. The highest BCUT2D eigenvalue weighted by Crippen LogP contribution is 2.37. The van der Waals surface area contributed by atoms with E-state index in [1.807, 2.05) is 6.07 Å². The highest BCUT2D eigenvalue weighted by molar-refractivity contribution is 7.92. The van der Waals surface area contributed by atoms with Crippen LogP contribution in [0.2, 0.25) is 0 Å². The Bertz CT molecular complexity index is 1520. The van der Waals surface area contributed by atoms with Gasteiger partial charge >= 0.3 is 0 Å². The first-order valence-electron chi connectivity index (χ1n) is 10.7. The second-order valence-electron chi connectivity index (χ2n) is 8.26. The molecule has 0 fully saturated rings. The average molecular weight is 509 g/mol. The molecular formula is C24H21FN6O4S. The monoisotopic (exact) mass is 508 g/mol. The number of nitriles is 1. The number of benzene rings is 2. The van der Waals surface area contributed by atoms with E-state index in [2.05, 4.69) is 20.6 Å². The number of sulfonamides is 1. The zero-order valence-electron chi connectivity index (χ0n) is 19.3. The summed E-state index contributed by atoms with van der Waals surface area (Å²) in [6.45, 7) is 1.71. The number of nitrogens with one attached hydrogen (secondary N) is 2. The number of amides is 2. The first-order chi connectivity index (χ1) is 17.1. The maximum absolute atomic E-state index is 13.4. The molecule has 0 saturated carbocycles. The van der Waals surface area contributed by atoms with E-state index >= 15 is 0 Å². The number of fused-ring (bicyclic) bond motifs is 1. The van der Waals surface area contributed by atoms with Crippen molar-refractivity contribution in [2.75, 3.05) is 17.1 Å². The van der Waals surface area contributed by atoms with Crippen LogP contribution in [-0.2, 0) is 16.6 Å². The number of carbonyl (C=O) groups is 2. The molecule has 12 heteroatoms. The van der Waals surface area contributed by atoms with Gasteiger partial charge in [0.1, 0.15) is 23.5 Å². The normalized spacial score (nSPS) is 14.6. The van der Waals surface area contributed by atoms with Crippen molar-refractivity contribution in [3.05, 3.63) is 88.3 Å². The van der Waals surface area contributed by atoms with E-state index in [0.29, 0.717) is 22.4 Å². The SMILES string of the molecule is Cc1cc(CNC(=O)c2cc(C(=O)N[C@@H]3CN(S(C)(=O)=O)c4cc(C#N)ccc43)ncn2)ccc1F. The summed E-state index contributed by atoms with van der Waals surface area (Å²) in [6, 6.07) is 11.6. The minimum Gasteiger partial charge on any atom is -0.347 e. The molecule has 0 saturated heterocycles. The molecule has 2 amide bonds. The number of halogens is 1. The maximum atomic E-state index is 13.4. The fourth-order valence-electron chi connectivity index (χ4n) is 3.85. The van der Waals surface area contributed by atoms with Crippen molar-refractivity contribution in [3.63, 3.8) is 0 Å². The van der Waals surface area contributed by atoms with Gasteiger partial charge in [-0.1, -0.05) is 18.2 Å². The van der Waals surface area contributed by atoms with Crippen LogP contribution in [0.3, 0.4) is 0 Å². The van der Waals surface area contributed by atoms with Crippen molar-refractivity contribution in [3.8, 4) is 6.07 Å². The second-order valence-corrected chi connectivity index (χ2v) is 10.2. The fourth-order valence-corrected chi connectivity index (χ4v) is 4.79. The molecule has 0 bridgehead atoms. The molecule has 36 heavy (non-hydrogen) atoms. The molecule has 2 aromatic carbocycles. The van der Waals surface area contributed by atoms with E-state index in [1.165, 1.54) is 18.2 Å². The van der Waals surface area contributed by atoms with Crippen LogP contribution in [0.25, 0.3) is 0 Å². The number of hydrogen-bond donors (Lipinski definition) is 2. The molecule has 10 nitrogen and oxygen atoms in total. The van der Waals surface area contributed by atoms with Gasteiger partial charge in [-0.05, 0) is 36.2 Å². The number of rotatable bonds is 6. The summed E-state index contributed by atoms with van der Waals surface area (Å²) < 4.78 is 39.1. The van der Waals surface area contributed by atoms with E-state index in [4.69, 9.17) is 5.26 Å². The topological polar surface area (TPSA) is 145 Å². The molecule has 1 atom stereocenters. The summed E-state index contributed by atoms with van der Waals surface area (Å²) in [7, 11) is -3.65. The van der Waals surface area contributed by atoms with Crippen molar-refractivity contribution in [2.24, 2.45) is 0 Å². The summed E-state index contributed by atoms with van der Waals surface area (Å²) in [6.07, 6.45) is 2.12. The van der Waals surface area contributed by atoms with Gasteiger partial charge in [0, 0.05) is 18.2 Å². The number of hydrogen-bond acceptors (Lipinski definition) is 7. The third-order valence-electron chi connectivity index (χ3n) is 5.67. The van der Waals surface area contributed by atoms with E-state index in [9.17, 15) is 22.4 Å². The standard InChI is InChI=1S/C24H21FN6O4S/c1-14-7-16(4-6-18(14)25)11-27-23(32)19-9-20(29-13-28-19)24(33)30-21-12-31(36(2,34)35)22-8-15(10-26)3-5-17(21)22/h3-9,13,21H,11-12H2,1-2H3,(H,27,32)(H,30,33)/t21-/m1/s1. The van der Waals surface area contributed by atoms with Crippen LogP contribution < -0.4 is 14.9 Å². The predicted molar refractivity (Wildman–Crippen MR) is 128 cm³/mol. The van der Waals surface area contributed by atoms with Gasteiger partial charge in [-0.25, -0.2) is 22.8 Å². The first-order valence-corrected chi connectivity index (χ1v) is 12.6. The summed E-state index contributed by atoms with van der Waals surface area (Å²) >= 11 is 0. The van der Waals surface area contributed by atoms with Gasteiger partial charge in [0.15, 0.2) is 0 Å². The number of carbonyl (C=O) groups excluding carboxylic acids is 2. The largest absolute Gasteiger partial charge is 0.347 e. The molecule has 2 N–H and O–H groups in total. The average Bonchev–Trinajstić information content (AvgIpc) is 3.22. The second kappa shape index (κ2) is 9.71. The molecule has 184 valence electrons. The molecule has 2 heterocycles. The molecule has 1 aromatic heterocycles. The van der Waals surface area contributed by atoms with Crippen LogP contribution in [0.15, 0.2) is 48.8 Å². The maximum Gasteiger partial charge on any atom is 0.270 e. The lowest BCUT2D eigenvalue weighted by Crippen LogP contribution is -2.35. The Balaban J connectivity index is 1.49. The van der Waals surface area contributed by atoms with Gasteiger partial charge in [-0.15, -0.1) is 0 Å². The van der Waals surface area contributed by atoms with Crippen molar-refractivity contribution in [2.45, 2.75) is 19.5 Å². The van der Waals surface area contributed by atoms with E-state index < -0.39 is 27.9 Å². The van der Waals surface area contributed by atoms with Crippen LogP contribution >= 0.6 is 0 Å². The number of nitrogens with zero attached hydrogens (tertiary/aromatic N) is 4. The smallest absolute Gasteiger partial charge is 0.270 e. The molecule has 0 aliphatic carbocycles. The molecule has 0 unspecified atom stereocenters. The van der Waals surface area contributed by atoms with Gasteiger partial charge < -0.3 is 10.6 Å². The highest BCUT2D eigenvalue weighted by atomic mass is 32.2. The Morgan fingerprint density at radius 3 is 2.53 bits per heavy atom. The number of aromatic nitrogens is 2.